The van der Waals surface area contributed by atoms with Gasteiger partial charge in [-0.2, -0.15) is 0 Å². The van der Waals surface area contributed by atoms with Crippen LogP contribution in [0.15, 0.2) is 24.3 Å². The lowest BCUT2D eigenvalue weighted by molar-refractivity contribution is 0.0400. The second kappa shape index (κ2) is 7.38. The van der Waals surface area contributed by atoms with Crippen LogP contribution >= 0.6 is 0 Å². The van der Waals surface area contributed by atoms with Crippen LogP contribution in [0.4, 0.5) is 9.59 Å². The Morgan fingerprint density at radius 3 is 2.75 bits per heavy atom. The van der Waals surface area contributed by atoms with Gasteiger partial charge in [-0.1, -0.05) is 30.4 Å². The Morgan fingerprint density at radius 2 is 2.08 bits per heavy atom. The highest BCUT2D eigenvalue weighted by Crippen LogP contribution is 2.27. The summed E-state index contributed by atoms with van der Waals surface area (Å²) in [5.74, 6) is 0. The first kappa shape index (κ1) is 17.8. The molecule has 0 aromatic heterocycles. The lowest BCUT2D eigenvalue weighted by Crippen LogP contribution is -2.30. The van der Waals surface area contributed by atoms with Crippen LogP contribution in [0.2, 0.25) is 0 Å². The molecule has 1 aliphatic heterocycles. The molecule has 1 heterocycles. The summed E-state index contributed by atoms with van der Waals surface area (Å²) in [6.07, 6.45) is 4.45. The fraction of sp³-hybridized carbons (Fsp3) is 0.444. The van der Waals surface area contributed by atoms with Gasteiger partial charge in [0, 0.05) is 6.54 Å². The van der Waals surface area contributed by atoms with Crippen LogP contribution < -0.4 is 5.73 Å². The summed E-state index contributed by atoms with van der Waals surface area (Å²) in [6.45, 7) is 4.79. The second-order valence-electron chi connectivity index (χ2n) is 6.43. The van der Waals surface area contributed by atoms with Crippen molar-refractivity contribution in [3.63, 3.8) is 0 Å². The SMILES string of the molecule is COC(=O)N1Cc2cccc(/C=C/CCC(C)(C)OC(N)=O)c2C1. The van der Waals surface area contributed by atoms with Crippen LogP contribution in [-0.4, -0.2) is 29.8 Å². The summed E-state index contributed by atoms with van der Waals surface area (Å²) in [7, 11) is 1.39. The van der Waals surface area contributed by atoms with E-state index in [4.69, 9.17) is 15.2 Å². The molecule has 0 saturated carbocycles. The molecule has 0 atom stereocenters. The Hall–Kier alpha value is -2.50. The van der Waals surface area contributed by atoms with Gasteiger partial charge in [0.1, 0.15) is 5.60 Å². The summed E-state index contributed by atoms with van der Waals surface area (Å²) < 4.78 is 9.85. The number of nitrogens with two attached hydrogens (primary N) is 1. The Balaban J connectivity index is 1.99. The van der Waals surface area contributed by atoms with E-state index in [-0.39, 0.29) is 6.09 Å². The van der Waals surface area contributed by atoms with E-state index < -0.39 is 11.7 Å². The number of allylic oxidation sites excluding steroid dienone is 1. The van der Waals surface area contributed by atoms with Crippen molar-refractivity contribution in [2.75, 3.05) is 7.11 Å². The molecule has 0 fully saturated rings. The van der Waals surface area contributed by atoms with Crippen LogP contribution in [0.1, 0.15) is 43.4 Å². The van der Waals surface area contributed by atoms with E-state index in [0.717, 1.165) is 23.1 Å². The molecule has 0 saturated heterocycles. The molecule has 2 rings (SSSR count). The zero-order valence-corrected chi connectivity index (χ0v) is 14.4. The number of carbonyl (C=O) groups is 2. The van der Waals surface area contributed by atoms with Gasteiger partial charge in [-0.05, 0) is 43.4 Å². The normalized spacial score (nSPS) is 13.9. The first-order valence-corrected chi connectivity index (χ1v) is 7.91. The Morgan fingerprint density at radius 1 is 1.33 bits per heavy atom. The number of methoxy groups -OCH3 is 1. The van der Waals surface area contributed by atoms with Gasteiger partial charge in [-0.15, -0.1) is 0 Å². The molecule has 0 unspecified atom stereocenters. The van der Waals surface area contributed by atoms with Crippen molar-refractivity contribution in [2.24, 2.45) is 5.73 Å². The van der Waals surface area contributed by atoms with Gasteiger partial charge in [-0.25, -0.2) is 9.59 Å². The maximum Gasteiger partial charge on any atom is 0.410 e. The zero-order valence-electron chi connectivity index (χ0n) is 14.4. The second-order valence-corrected chi connectivity index (χ2v) is 6.43. The summed E-state index contributed by atoms with van der Waals surface area (Å²) >= 11 is 0. The number of hydrogen-bond donors (Lipinski definition) is 1. The van der Waals surface area contributed by atoms with Gasteiger partial charge < -0.3 is 15.2 Å². The number of benzene rings is 1. The van der Waals surface area contributed by atoms with Crippen molar-refractivity contribution < 1.29 is 19.1 Å². The molecular weight excluding hydrogens is 308 g/mol. The van der Waals surface area contributed by atoms with E-state index in [1.54, 1.807) is 4.90 Å². The minimum Gasteiger partial charge on any atom is -0.453 e. The summed E-state index contributed by atoms with van der Waals surface area (Å²) in [4.78, 5) is 24.2. The van der Waals surface area contributed by atoms with Crippen molar-refractivity contribution in [3.05, 3.63) is 41.0 Å². The molecular formula is C18H24N2O4. The molecule has 1 aromatic rings. The van der Waals surface area contributed by atoms with Crippen LogP contribution in [0.3, 0.4) is 0 Å². The topological polar surface area (TPSA) is 81.9 Å². The van der Waals surface area contributed by atoms with Gasteiger partial charge in [0.2, 0.25) is 0 Å². The predicted octanol–water partition coefficient (Wildman–Crippen LogP) is 3.44. The van der Waals surface area contributed by atoms with Crippen molar-refractivity contribution in [1.82, 2.24) is 4.90 Å². The molecule has 24 heavy (non-hydrogen) atoms. The van der Waals surface area contributed by atoms with E-state index in [1.807, 2.05) is 44.2 Å². The number of fused-ring (bicyclic) bond motifs is 1. The van der Waals surface area contributed by atoms with Gasteiger partial charge in [0.15, 0.2) is 0 Å². The molecule has 2 N–H and O–H groups in total. The molecule has 2 amide bonds. The average molecular weight is 332 g/mol. The van der Waals surface area contributed by atoms with E-state index in [2.05, 4.69) is 0 Å². The number of nitrogens with zero attached hydrogens (tertiary/aromatic N) is 1. The summed E-state index contributed by atoms with van der Waals surface area (Å²) in [6, 6.07) is 6.04. The molecule has 0 radical (unpaired) electrons. The van der Waals surface area contributed by atoms with Crippen molar-refractivity contribution in [3.8, 4) is 0 Å². The van der Waals surface area contributed by atoms with Gasteiger partial charge in [0.25, 0.3) is 0 Å². The highest BCUT2D eigenvalue weighted by Gasteiger charge is 2.25. The van der Waals surface area contributed by atoms with Crippen LogP contribution in [0, 0.1) is 0 Å². The Bertz CT molecular complexity index is 652. The predicted molar refractivity (Wildman–Crippen MR) is 91.1 cm³/mol. The third-order valence-electron chi connectivity index (χ3n) is 4.04. The van der Waals surface area contributed by atoms with Crippen molar-refractivity contribution in [2.45, 2.75) is 45.4 Å². The molecule has 1 aliphatic rings. The Labute approximate surface area is 142 Å². The lowest BCUT2D eigenvalue weighted by atomic mass is 10.00. The monoisotopic (exact) mass is 332 g/mol. The van der Waals surface area contributed by atoms with Crippen LogP contribution in [0.25, 0.3) is 6.08 Å². The molecule has 6 heteroatoms. The van der Waals surface area contributed by atoms with Crippen LogP contribution in [0.5, 0.6) is 0 Å². The highest BCUT2D eigenvalue weighted by atomic mass is 16.6. The molecule has 130 valence electrons. The molecule has 1 aromatic carbocycles. The number of primary amides is 1. The number of carbonyl (C=O) groups excluding carboxylic acids is 2. The third-order valence-corrected chi connectivity index (χ3v) is 4.04. The molecule has 0 spiro atoms. The number of amides is 2. The van der Waals surface area contributed by atoms with Crippen LogP contribution in [-0.2, 0) is 22.6 Å². The average Bonchev–Trinajstić information content (AvgIpc) is 2.94. The van der Waals surface area contributed by atoms with Gasteiger partial charge in [0.05, 0.1) is 13.7 Å². The first-order chi connectivity index (χ1) is 11.3. The lowest BCUT2D eigenvalue weighted by Gasteiger charge is -2.23. The van der Waals surface area contributed by atoms with E-state index in [0.29, 0.717) is 19.5 Å². The minimum atomic E-state index is -0.757. The number of hydrogen-bond acceptors (Lipinski definition) is 4. The molecule has 0 aliphatic carbocycles. The fourth-order valence-corrected chi connectivity index (χ4v) is 2.83. The zero-order chi connectivity index (χ0) is 17.7. The minimum absolute atomic E-state index is 0.313. The fourth-order valence-electron chi connectivity index (χ4n) is 2.83. The standard InChI is InChI=1S/C18H24N2O4/c1-18(2,24-16(19)21)10-5-4-7-13-8-6-9-14-11-20(12-15(13)14)17(22)23-3/h4,6-9H,5,10-12H2,1-3H3,(H2,19,21)/b7-4+. The first-order valence-electron chi connectivity index (χ1n) is 7.91. The molecule has 0 bridgehead atoms. The van der Waals surface area contributed by atoms with E-state index in [9.17, 15) is 9.59 Å². The quantitative estimate of drug-likeness (QED) is 0.895. The summed E-state index contributed by atoms with van der Waals surface area (Å²) in [5.41, 5.74) is 7.85. The van der Waals surface area contributed by atoms with E-state index in [1.165, 1.54) is 7.11 Å². The number of ether oxygens (including phenoxy) is 2. The highest BCUT2D eigenvalue weighted by molar-refractivity contribution is 5.70. The van der Waals surface area contributed by atoms with E-state index >= 15 is 0 Å². The maximum absolute atomic E-state index is 11.7. The Kier molecular flexibility index (Phi) is 5.49. The largest absolute Gasteiger partial charge is 0.453 e. The third kappa shape index (κ3) is 4.50. The van der Waals surface area contributed by atoms with Gasteiger partial charge >= 0.3 is 12.2 Å². The van der Waals surface area contributed by atoms with Crippen molar-refractivity contribution >= 4 is 18.3 Å². The summed E-state index contributed by atoms with van der Waals surface area (Å²) in [5, 5.41) is 0. The smallest absolute Gasteiger partial charge is 0.410 e. The van der Waals surface area contributed by atoms with Crippen molar-refractivity contribution in [1.29, 1.82) is 0 Å². The maximum atomic E-state index is 11.7. The van der Waals surface area contributed by atoms with Gasteiger partial charge in [-0.3, -0.25) is 4.90 Å². The number of rotatable bonds is 5. The molecule has 6 nitrogen and oxygen atoms in total.